The van der Waals surface area contributed by atoms with E-state index in [2.05, 4.69) is 11.8 Å². The Hall–Kier alpha value is -1.46. The first-order valence-electron chi connectivity index (χ1n) is 10.8. The molecule has 1 spiro atoms. The molecule has 1 saturated carbocycles. The highest BCUT2D eigenvalue weighted by atomic mass is 19.1. The molecule has 1 aromatic carbocycles. The number of hydrogen-bond donors (Lipinski definition) is 0. The van der Waals surface area contributed by atoms with Crippen molar-refractivity contribution in [3.8, 4) is 0 Å². The number of hydrogen-bond acceptors (Lipinski definition) is 3. The van der Waals surface area contributed by atoms with Crippen LogP contribution in [0, 0.1) is 11.2 Å². The zero-order chi connectivity index (χ0) is 19.6. The van der Waals surface area contributed by atoms with Crippen molar-refractivity contribution < 1.29 is 18.7 Å². The molecule has 0 N–H and O–H groups in total. The Kier molecular flexibility index (Phi) is 5.75. The van der Waals surface area contributed by atoms with Gasteiger partial charge >= 0.3 is 0 Å². The van der Waals surface area contributed by atoms with Crippen LogP contribution in [0.15, 0.2) is 24.3 Å². The first-order chi connectivity index (χ1) is 13.5. The van der Waals surface area contributed by atoms with E-state index in [4.69, 9.17) is 9.47 Å². The van der Waals surface area contributed by atoms with Crippen LogP contribution in [0.5, 0.6) is 0 Å². The van der Waals surface area contributed by atoms with Crippen molar-refractivity contribution in [2.24, 2.45) is 5.41 Å². The molecule has 3 aliphatic rings. The minimum Gasteiger partial charge on any atom is -0.381 e. The van der Waals surface area contributed by atoms with Crippen LogP contribution in [0.4, 0.5) is 4.39 Å². The van der Waals surface area contributed by atoms with Crippen LogP contribution in [0.25, 0.3) is 0 Å². The van der Waals surface area contributed by atoms with Gasteiger partial charge in [-0.05, 0) is 43.9 Å². The highest BCUT2D eigenvalue weighted by Gasteiger charge is 2.48. The van der Waals surface area contributed by atoms with Crippen molar-refractivity contribution in [1.82, 2.24) is 4.90 Å². The number of amides is 1. The molecule has 0 aromatic heterocycles. The molecule has 1 aromatic rings. The van der Waals surface area contributed by atoms with Crippen LogP contribution >= 0.6 is 0 Å². The number of morpholine rings is 1. The third-order valence-electron chi connectivity index (χ3n) is 6.79. The number of halogens is 1. The molecule has 28 heavy (non-hydrogen) atoms. The zero-order valence-corrected chi connectivity index (χ0v) is 16.9. The minimum atomic E-state index is -0.407. The Labute approximate surface area is 167 Å². The van der Waals surface area contributed by atoms with Crippen LogP contribution in [0.1, 0.15) is 57.4 Å². The fraction of sp³-hybridized carbons (Fsp3) is 0.696. The van der Waals surface area contributed by atoms with Crippen LogP contribution in [0.3, 0.4) is 0 Å². The lowest BCUT2D eigenvalue weighted by atomic mass is 9.69. The molecule has 1 unspecified atom stereocenters. The summed E-state index contributed by atoms with van der Waals surface area (Å²) in [7, 11) is 0. The Balaban J connectivity index is 1.58. The van der Waals surface area contributed by atoms with E-state index in [0.29, 0.717) is 32.7 Å². The highest BCUT2D eigenvalue weighted by Crippen LogP contribution is 2.43. The van der Waals surface area contributed by atoms with Crippen molar-refractivity contribution >= 4 is 5.91 Å². The number of nitrogens with zero attached hydrogens (tertiary/aromatic N) is 1. The number of carbonyl (C=O) groups excluding carboxylic acids is 1. The summed E-state index contributed by atoms with van der Waals surface area (Å²) in [5.41, 5.74) is 0.257. The number of ether oxygens (including phenoxy) is 2. The molecule has 4 nitrogen and oxygen atoms in total. The lowest BCUT2D eigenvalue weighted by molar-refractivity contribution is -0.195. The molecule has 1 amide bonds. The van der Waals surface area contributed by atoms with E-state index >= 15 is 0 Å². The highest BCUT2D eigenvalue weighted by molar-refractivity contribution is 5.83. The van der Waals surface area contributed by atoms with Gasteiger partial charge in [0.1, 0.15) is 5.82 Å². The monoisotopic (exact) mass is 389 g/mol. The van der Waals surface area contributed by atoms with Crippen LogP contribution < -0.4 is 0 Å². The number of carbonyl (C=O) groups is 1. The van der Waals surface area contributed by atoms with Gasteiger partial charge in [0.05, 0.1) is 17.1 Å². The quantitative estimate of drug-likeness (QED) is 0.781. The van der Waals surface area contributed by atoms with E-state index in [1.807, 2.05) is 6.07 Å². The molecule has 1 atom stereocenters. The van der Waals surface area contributed by atoms with Gasteiger partial charge in [-0.2, -0.15) is 0 Å². The largest absolute Gasteiger partial charge is 0.381 e. The van der Waals surface area contributed by atoms with Gasteiger partial charge < -0.3 is 14.4 Å². The van der Waals surface area contributed by atoms with Gasteiger partial charge in [-0.1, -0.05) is 31.4 Å². The summed E-state index contributed by atoms with van der Waals surface area (Å²) in [4.78, 5) is 15.9. The third kappa shape index (κ3) is 4.11. The van der Waals surface area contributed by atoms with Crippen LogP contribution in [0.2, 0.25) is 0 Å². The lowest BCUT2D eigenvalue weighted by Crippen LogP contribution is -2.61. The van der Waals surface area contributed by atoms with Gasteiger partial charge in [-0.15, -0.1) is 0 Å². The van der Waals surface area contributed by atoms with Gasteiger partial charge in [0, 0.05) is 39.1 Å². The SMILES string of the molecule is CC1CN(C(=O)C2(Cc3cccc(F)c3)CCCCC2)CC2(CCOCC2)O1. The Morgan fingerprint density at radius 3 is 2.64 bits per heavy atom. The maximum atomic E-state index is 13.9. The Morgan fingerprint density at radius 2 is 1.93 bits per heavy atom. The molecular weight excluding hydrogens is 357 g/mol. The second-order valence-electron chi connectivity index (χ2n) is 9.06. The normalized spacial score (nSPS) is 26.9. The Bertz CT molecular complexity index is 695. The summed E-state index contributed by atoms with van der Waals surface area (Å²) in [5.74, 6) is 0.0227. The van der Waals surface area contributed by atoms with Crippen molar-refractivity contribution in [2.75, 3.05) is 26.3 Å². The molecule has 2 saturated heterocycles. The predicted molar refractivity (Wildman–Crippen MR) is 106 cm³/mol. The molecular formula is C23H32FNO3. The minimum absolute atomic E-state index is 0.0330. The third-order valence-corrected chi connectivity index (χ3v) is 6.79. The molecule has 0 bridgehead atoms. The summed E-state index contributed by atoms with van der Waals surface area (Å²) in [5, 5.41) is 0. The van der Waals surface area contributed by atoms with Crippen molar-refractivity contribution in [3.63, 3.8) is 0 Å². The molecule has 0 radical (unpaired) electrons. The van der Waals surface area contributed by atoms with Crippen LogP contribution in [-0.4, -0.2) is 48.8 Å². The smallest absolute Gasteiger partial charge is 0.229 e. The summed E-state index contributed by atoms with van der Waals surface area (Å²) >= 11 is 0. The second-order valence-corrected chi connectivity index (χ2v) is 9.06. The Morgan fingerprint density at radius 1 is 1.18 bits per heavy atom. The maximum Gasteiger partial charge on any atom is 0.229 e. The topological polar surface area (TPSA) is 38.8 Å². The molecule has 4 rings (SSSR count). The average Bonchev–Trinajstić information content (AvgIpc) is 2.68. The van der Waals surface area contributed by atoms with Gasteiger partial charge in [-0.3, -0.25) is 4.79 Å². The van der Waals surface area contributed by atoms with Gasteiger partial charge in [0.25, 0.3) is 0 Å². The molecule has 154 valence electrons. The molecule has 2 aliphatic heterocycles. The van der Waals surface area contributed by atoms with Crippen molar-refractivity contribution in [3.05, 3.63) is 35.6 Å². The number of benzene rings is 1. The fourth-order valence-electron chi connectivity index (χ4n) is 5.47. The van der Waals surface area contributed by atoms with Crippen molar-refractivity contribution in [2.45, 2.75) is 70.0 Å². The van der Waals surface area contributed by atoms with E-state index in [-0.39, 0.29) is 23.4 Å². The standard InChI is InChI=1S/C23H32FNO3/c1-18-16-25(17-23(28-18)10-12-27-13-11-23)21(26)22(8-3-2-4-9-22)15-19-6-5-7-20(24)14-19/h5-7,14,18H,2-4,8-13,15-17H2,1H3. The molecule has 2 heterocycles. The maximum absolute atomic E-state index is 13.9. The van der Waals surface area contributed by atoms with Gasteiger partial charge in [-0.25, -0.2) is 4.39 Å². The zero-order valence-electron chi connectivity index (χ0n) is 16.9. The van der Waals surface area contributed by atoms with E-state index in [0.717, 1.165) is 44.1 Å². The predicted octanol–water partition coefficient (Wildman–Crippen LogP) is 4.12. The first-order valence-corrected chi connectivity index (χ1v) is 10.8. The first kappa shape index (κ1) is 19.8. The molecule has 3 fully saturated rings. The fourth-order valence-corrected chi connectivity index (χ4v) is 5.47. The van der Waals surface area contributed by atoms with Crippen molar-refractivity contribution in [1.29, 1.82) is 0 Å². The van der Waals surface area contributed by atoms with Crippen LogP contribution in [-0.2, 0) is 20.7 Å². The van der Waals surface area contributed by atoms with E-state index < -0.39 is 5.41 Å². The summed E-state index contributed by atoms with van der Waals surface area (Å²) in [6.07, 6.45) is 7.46. The van der Waals surface area contributed by atoms with E-state index in [1.54, 1.807) is 12.1 Å². The van der Waals surface area contributed by atoms with E-state index in [9.17, 15) is 9.18 Å². The summed E-state index contributed by atoms with van der Waals surface area (Å²) in [6, 6.07) is 6.76. The lowest BCUT2D eigenvalue weighted by Gasteiger charge is -2.50. The second kappa shape index (κ2) is 8.11. The van der Waals surface area contributed by atoms with E-state index in [1.165, 1.54) is 12.5 Å². The van der Waals surface area contributed by atoms with Gasteiger partial charge in [0.2, 0.25) is 5.91 Å². The number of rotatable bonds is 3. The average molecular weight is 390 g/mol. The molecule has 5 heteroatoms. The summed E-state index contributed by atoms with van der Waals surface area (Å²) < 4.78 is 25.6. The molecule has 1 aliphatic carbocycles. The van der Waals surface area contributed by atoms with Gasteiger partial charge in [0.15, 0.2) is 0 Å². The summed E-state index contributed by atoms with van der Waals surface area (Å²) in [6.45, 7) is 4.76.